The van der Waals surface area contributed by atoms with Crippen LogP contribution in [0.25, 0.3) is 6.08 Å². The smallest absolute Gasteiger partial charge is 0.217 e. The molecule has 0 atom stereocenters. The summed E-state index contributed by atoms with van der Waals surface area (Å²) in [6.45, 7) is 0. The molecule has 3 rings (SSSR count). The summed E-state index contributed by atoms with van der Waals surface area (Å²) in [5, 5.41) is 13.2. The Labute approximate surface area is 91.7 Å². The molecule has 0 saturated carbocycles. The second-order valence-electron chi connectivity index (χ2n) is 3.26. The molecule has 1 aromatic carbocycles. The largest absolute Gasteiger partial charge is 0.343 e. The van der Waals surface area contributed by atoms with Crippen molar-refractivity contribution >= 4 is 23.8 Å². The van der Waals surface area contributed by atoms with Gasteiger partial charge in [0, 0.05) is 17.0 Å². The quantitative estimate of drug-likeness (QED) is 0.727. The molecule has 0 fully saturated rings. The first kappa shape index (κ1) is 8.84. The number of hydrogen-bond donors (Lipinski definition) is 0. The number of para-hydroxylation sites is 1. The van der Waals surface area contributed by atoms with Crippen LogP contribution in [0.2, 0.25) is 0 Å². The Morgan fingerprint density at radius 1 is 1.19 bits per heavy atom. The van der Waals surface area contributed by atoms with Gasteiger partial charge in [0.15, 0.2) is 6.26 Å². The third kappa shape index (κ3) is 1.38. The Hall–Kier alpha value is -2.43. The van der Waals surface area contributed by atoms with Gasteiger partial charge in [-0.2, -0.15) is 5.10 Å². The monoisotopic (exact) mass is 212 g/mol. The first-order valence-electron chi connectivity index (χ1n) is 4.82. The Bertz CT molecular complexity index is 545. The van der Waals surface area contributed by atoms with Gasteiger partial charge in [-0.3, -0.25) is 0 Å². The number of anilines is 2. The average molecular weight is 212 g/mol. The van der Waals surface area contributed by atoms with Crippen LogP contribution in [0.15, 0.2) is 46.2 Å². The first-order valence-corrected chi connectivity index (χ1v) is 4.82. The normalized spacial score (nSPS) is 13.6. The van der Waals surface area contributed by atoms with Gasteiger partial charge in [-0.25, -0.2) is 5.01 Å². The average Bonchev–Trinajstić information content (AvgIpc) is 2.76. The van der Waals surface area contributed by atoms with Crippen LogP contribution in [0, 0.1) is 0 Å². The lowest BCUT2D eigenvalue weighted by atomic mass is 10.1. The maximum absolute atomic E-state index is 4.73. The van der Waals surface area contributed by atoms with Crippen molar-refractivity contribution in [2.45, 2.75) is 0 Å². The molecular formula is C11H8N4O. The third-order valence-corrected chi connectivity index (χ3v) is 2.27. The summed E-state index contributed by atoms with van der Waals surface area (Å²) < 4.78 is 4.73. The fourth-order valence-corrected chi connectivity index (χ4v) is 1.57. The van der Waals surface area contributed by atoms with Gasteiger partial charge < -0.3 is 4.52 Å². The van der Waals surface area contributed by atoms with Gasteiger partial charge in [-0.1, -0.05) is 29.4 Å². The molecule has 5 nitrogen and oxygen atoms in total. The topological polar surface area (TPSA) is 54.5 Å². The summed E-state index contributed by atoms with van der Waals surface area (Å²) in [6.07, 6.45) is 7.03. The minimum Gasteiger partial charge on any atom is -0.343 e. The second-order valence-corrected chi connectivity index (χ2v) is 3.26. The summed E-state index contributed by atoms with van der Waals surface area (Å²) >= 11 is 0. The van der Waals surface area contributed by atoms with E-state index >= 15 is 0 Å². The van der Waals surface area contributed by atoms with Crippen LogP contribution in [-0.4, -0.2) is 16.6 Å². The third-order valence-electron chi connectivity index (χ3n) is 2.27. The Morgan fingerprint density at radius 2 is 2.12 bits per heavy atom. The summed E-state index contributed by atoms with van der Waals surface area (Å²) in [5.74, 6) is 0.562. The van der Waals surface area contributed by atoms with Gasteiger partial charge in [0.25, 0.3) is 0 Å². The molecule has 5 heteroatoms. The van der Waals surface area contributed by atoms with Crippen LogP contribution in [-0.2, 0) is 0 Å². The van der Waals surface area contributed by atoms with E-state index in [1.807, 2.05) is 36.4 Å². The van der Waals surface area contributed by atoms with Gasteiger partial charge in [-0.15, -0.1) is 0 Å². The summed E-state index contributed by atoms with van der Waals surface area (Å²) in [4.78, 5) is 0. The zero-order valence-electron chi connectivity index (χ0n) is 8.32. The molecule has 0 aliphatic carbocycles. The van der Waals surface area contributed by atoms with E-state index in [1.165, 1.54) is 6.26 Å². The molecule has 0 radical (unpaired) electrons. The van der Waals surface area contributed by atoms with E-state index < -0.39 is 0 Å². The predicted molar refractivity (Wildman–Crippen MR) is 60.4 cm³/mol. The number of fused-ring (bicyclic) bond motifs is 1. The summed E-state index contributed by atoms with van der Waals surface area (Å²) in [5.41, 5.74) is 2.02. The highest BCUT2D eigenvalue weighted by Crippen LogP contribution is 2.29. The number of hydrogen-bond acceptors (Lipinski definition) is 5. The number of rotatable bonds is 1. The second kappa shape index (κ2) is 3.62. The van der Waals surface area contributed by atoms with Crippen molar-refractivity contribution in [3.8, 4) is 0 Å². The van der Waals surface area contributed by atoms with Crippen LogP contribution >= 0.6 is 0 Å². The molecule has 2 aromatic rings. The number of benzene rings is 1. The van der Waals surface area contributed by atoms with Crippen molar-refractivity contribution in [3.05, 3.63) is 42.2 Å². The summed E-state index contributed by atoms with van der Waals surface area (Å²) in [7, 11) is 0. The SMILES string of the molecule is C1=Cc2ccccc2N(c2conn2)N=C1. The molecule has 0 amide bonds. The molecule has 1 aliphatic rings. The highest BCUT2D eigenvalue weighted by atomic mass is 16.5. The zero-order valence-corrected chi connectivity index (χ0v) is 8.32. The molecule has 0 bridgehead atoms. The molecule has 0 unspecified atom stereocenters. The van der Waals surface area contributed by atoms with Crippen molar-refractivity contribution in [3.63, 3.8) is 0 Å². The van der Waals surface area contributed by atoms with Crippen LogP contribution in [0.4, 0.5) is 11.5 Å². The van der Waals surface area contributed by atoms with E-state index in [1.54, 1.807) is 11.2 Å². The van der Waals surface area contributed by atoms with E-state index in [-0.39, 0.29) is 0 Å². The van der Waals surface area contributed by atoms with Gasteiger partial charge in [0.05, 0.1) is 5.69 Å². The van der Waals surface area contributed by atoms with E-state index in [0.29, 0.717) is 5.82 Å². The number of allylic oxidation sites excluding steroid dienone is 1. The minimum atomic E-state index is 0.562. The lowest BCUT2D eigenvalue weighted by molar-refractivity contribution is 0.393. The fraction of sp³-hybridized carbons (Fsp3) is 0. The molecular weight excluding hydrogens is 204 g/mol. The summed E-state index contributed by atoms with van der Waals surface area (Å²) in [6, 6.07) is 7.92. The van der Waals surface area contributed by atoms with Gasteiger partial charge in [0.1, 0.15) is 0 Å². The zero-order chi connectivity index (χ0) is 10.8. The van der Waals surface area contributed by atoms with Crippen LogP contribution in [0.5, 0.6) is 0 Å². The highest BCUT2D eigenvalue weighted by Gasteiger charge is 2.15. The van der Waals surface area contributed by atoms with Gasteiger partial charge in [-0.05, 0) is 12.1 Å². The Kier molecular flexibility index (Phi) is 2.00. The van der Waals surface area contributed by atoms with Crippen molar-refractivity contribution in [1.29, 1.82) is 0 Å². The first-order chi connectivity index (χ1) is 7.95. The predicted octanol–water partition coefficient (Wildman–Crippen LogP) is 2.22. The number of aromatic nitrogens is 2. The van der Waals surface area contributed by atoms with Crippen molar-refractivity contribution in [1.82, 2.24) is 10.4 Å². The molecule has 2 heterocycles. The number of nitrogens with zero attached hydrogens (tertiary/aromatic N) is 4. The van der Waals surface area contributed by atoms with Gasteiger partial charge >= 0.3 is 0 Å². The van der Waals surface area contributed by atoms with Gasteiger partial charge in [0.2, 0.25) is 5.82 Å². The van der Waals surface area contributed by atoms with E-state index in [2.05, 4.69) is 15.5 Å². The maximum atomic E-state index is 4.73. The molecule has 1 aromatic heterocycles. The Balaban J connectivity index is 2.15. The van der Waals surface area contributed by atoms with Crippen molar-refractivity contribution < 1.29 is 4.52 Å². The van der Waals surface area contributed by atoms with E-state index in [4.69, 9.17) is 4.52 Å². The lowest BCUT2D eigenvalue weighted by Crippen LogP contribution is -2.09. The molecule has 0 N–H and O–H groups in total. The molecule has 1 aliphatic heterocycles. The molecule has 0 spiro atoms. The highest BCUT2D eigenvalue weighted by molar-refractivity contribution is 5.86. The van der Waals surface area contributed by atoms with E-state index in [0.717, 1.165) is 11.3 Å². The van der Waals surface area contributed by atoms with Crippen LogP contribution in [0.3, 0.4) is 0 Å². The fourth-order valence-electron chi connectivity index (χ4n) is 1.57. The van der Waals surface area contributed by atoms with Crippen molar-refractivity contribution in [2.75, 3.05) is 5.01 Å². The van der Waals surface area contributed by atoms with Crippen LogP contribution < -0.4 is 5.01 Å². The Morgan fingerprint density at radius 3 is 3.00 bits per heavy atom. The molecule has 0 saturated heterocycles. The van der Waals surface area contributed by atoms with Crippen LogP contribution in [0.1, 0.15) is 5.56 Å². The minimum absolute atomic E-state index is 0.562. The maximum Gasteiger partial charge on any atom is 0.217 e. The lowest BCUT2D eigenvalue weighted by Gasteiger charge is -2.15. The molecule has 78 valence electrons. The standard InChI is InChI=1S/C11H8N4O/c1-2-6-10-9(4-1)5-3-7-12-15(10)11-8-16-14-13-11/h1-8H. The number of hydrazone groups is 1. The van der Waals surface area contributed by atoms with E-state index in [9.17, 15) is 0 Å². The van der Waals surface area contributed by atoms with Crippen molar-refractivity contribution in [2.24, 2.45) is 5.10 Å². The molecule has 16 heavy (non-hydrogen) atoms.